The van der Waals surface area contributed by atoms with Crippen molar-refractivity contribution < 1.29 is 18.9 Å². The van der Waals surface area contributed by atoms with Gasteiger partial charge in [-0.15, -0.1) is 0 Å². The number of hydrogen-bond acceptors (Lipinski definition) is 8. The molecule has 0 fully saturated rings. The van der Waals surface area contributed by atoms with Crippen LogP contribution in [0.3, 0.4) is 0 Å². The van der Waals surface area contributed by atoms with Gasteiger partial charge in [0.1, 0.15) is 46.0 Å². The molecule has 8 rings (SSSR count). The van der Waals surface area contributed by atoms with Crippen molar-refractivity contribution in [2.24, 2.45) is 0 Å². The fourth-order valence-electron chi connectivity index (χ4n) is 5.71. The van der Waals surface area contributed by atoms with Crippen LogP contribution in [0.4, 0.5) is 22.7 Å². The summed E-state index contributed by atoms with van der Waals surface area (Å²) in [5.74, 6) is 6.19. The predicted octanol–water partition coefficient (Wildman–Crippen LogP) is 12.1. The molecule has 0 aliphatic heterocycles. The molecule has 0 heterocycles. The maximum absolute atomic E-state index is 5.84. The van der Waals surface area contributed by atoms with Gasteiger partial charge in [-0.2, -0.15) is 0 Å². The zero-order chi connectivity index (χ0) is 39.4. The molecule has 8 aromatic rings. The Labute approximate surface area is 332 Å². The number of nitrogen functional groups attached to an aromatic ring is 4. The summed E-state index contributed by atoms with van der Waals surface area (Å²) in [4.78, 5) is 0. The molecule has 0 radical (unpaired) electrons. The second-order valence-electron chi connectivity index (χ2n) is 13.2. The largest absolute Gasteiger partial charge is 0.457 e. The van der Waals surface area contributed by atoms with Crippen LogP contribution in [0.5, 0.6) is 46.0 Å². The van der Waals surface area contributed by atoms with Crippen LogP contribution in [0.15, 0.2) is 194 Å². The Balaban J connectivity index is 0.000000174. The zero-order valence-electron chi connectivity index (χ0n) is 31.1. The van der Waals surface area contributed by atoms with Crippen molar-refractivity contribution >= 4 is 22.7 Å². The van der Waals surface area contributed by atoms with Crippen LogP contribution in [-0.4, -0.2) is 0 Å². The van der Waals surface area contributed by atoms with Gasteiger partial charge in [-0.25, -0.2) is 0 Å². The highest BCUT2D eigenvalue weighted by Gasteiger charge is 2.05. The summed E-state index contributed by atoms with van der Waals surface area (Å²) in [5, 5.41) is 0. The third-order valence-corrected chi connectivity index (χ3v) is 8.76. The molecular formula is C49H42N4O4. The molecule has 8 nitrogen and oxygen atoms in total. The molecule has 0 saturated carbocycles. The monoisotopic (exact) mass is 750 g/mol. The molecule has 0 aliphatic carbocycles. The van der Waals surface area contributed by atoms with E-state index in [1.165, 1.54) is 11.1 Å². The minimum absolute atomic E-state index is 0.714. The van der Waals surface area contributed by atoms with E-state index in [2.05, 4.69) is 24.3 Å². The van der Waals surface area contributed by atoms with Gasteiger partial charge in [-0.1, -0.05) is 48.5 Å². The smallest absolute Gasteiger partial charge is 0.127 e. The molecule has 8 heteroatoms. The molecule has 0 aromatic heterocycles. The Hall–Kier alpha value is -7.84. The molecule has 0 aliphatic rings. The lowest BCUT2D eigenvalue weighted by atomic mass is 10.0. The van der Waals surface area contributed by atoms with E-state index in [9.17, 15) is 0 Å². The average molecular weight is 751 g/mol. The Morgan fingerprint density at radius 2 is 0.404 bits per heavy atom. The van der Waals surface area contributed by atoms with Crippen LogP contribution in [0, 0.1) is 0 Å². The molecular weight excluding hydrogens is 709 g/mol. The molecule has 57 heavy (non-hydrogen) atoms. The highest BCUT2D eigenvalue weighted by atomic mass is 16.5. The quantitative estimate of drug-likeness (QED) is 0.0957. The molecule has 8 aromatic carbocycles. The van der Waals surface area contributed by atoms with Crippen LogP contribution in [0.25, 0.3) is 11.1 Å². The SMILES string of the molecule is Nc1ccc(Oc2ccc(-c3ccc(Oc4ccc(N)cc4)cc3)cc2)cc1.Nc1ccc(Oc2ccc(Cc3ccc(Oc4ccc(N)cc4)cc3)cc2)cc1. The van der Waals surface area contributed by atoms with Gasteiger partial charge in [0, 0.05) is 22.7 Å². The summed E-state index contributed by atoms with van der Waals surface area (Å²) in [7, 11) is 0. The van der Waals surface area contributed by atoms with Crippen LogP contribution in [-0.2, 0) is 6.42 Å². The Bertz CT molecular complexity index is 2280. The van der Waals surface area contributed by atoms with Gasteiger partial charge in [0.2, 0.25) is 0 Å². The minimum Gasteiger partial charge on any atom is -0.457 e. The molecule has 282 valence electrons. The summed E-state index contributed by atoms with van der Waals surface area (Å²) in [6, 6.07) is 61.5. The van der Waals surface area contributed by atoms with Gasteiger partial charge in [-0.05, 0) is 174 Å². The van der Waals surface area contributed by atoms with Crippen molar-refractivity contribution in [3.05, 3.63) is 205 Å². The number of nitrogens with two attached hydrogens (primary N) is 4. The topological polar surface area (TPSA) is 141 Å². The van der Waals surface area contributed by atoms with Crippen LogP contribution in [0.2, 0.25) is 0 Å². The number of ether oxygens (including phenoxy) is 4. The molecule has 8 N–H and O–H groups in total. The first-order valence-electron chi connectivity index (χ1n) is 18.3. The van der Waals surface area contributed by atoms with Crippen LogP contribution in [0.1, 0.15) is 11.1 Å². The maximum atomic E-state index is 5.84. The first-order valence-corrected chi connectivity index (χ1v) is 18.3. The van der Waals surface area contributed by atoms with E-state index in [0.29, 0.717) is 11.4 Å². The highest BCUT2D eigenvalue weighted by molar-refractivity contribution is 5.65. The highest BCUT2D eigenvalue weighted by Crippen LogP contribution is 2.30. The van der Waals surface area contributed by atoms with E-state index in [1.807, 2.05) is 170 Å². The molecule has 0 amide bonds. The summed E-state index contributed by atoms with van der Waals surface area (Å²) < 4.78 is 23.3. The van der Waals surface area contributed by atoms with Crippen LogP contribution >= 0.6 is 0 Å². The second kappa shape index (κ2) is 18.0. The van der Waals surface area contributed by atoms with E-state index in [1.54, 1.807) is 0 Å². The summed E-state index contributed by atoms with van der Waals surface area (Å²) in [6.07, 6.45) is 0.838. The molecule has 0 spiro atoms. The van der Waals surface area contributed by atoms with E-state index < -0.39 is 0 Å². The Morgan fingerprint density at radius 1 is 0.228 bits per heavy atom. The second-order valence-corrected chi connectivity index (χ2v) is 13.2. The Kier molecular flexibility index (Phi) is 11.8. The third kappa shape index (κ3) is 11.1. The van der Waals surface area contributed by atoms with Crippen LogP contribution < -0.4 is 41.9 Å². The fraction of sp³-hybridized carbons (Fsp3) is 0.0204. The number of rotatable bonds is 11. The molecule has 0 bridgehead atoms. The number of hydrogen-bond donors (Lipinski definition) is 4. The Morgan fingerprint density at radius 3 is 0.614 bits per heavy atom. The molecule has 0 unspecified atom stereocenters. The van der Waals surface area contributed by atoms with Gasteiger partial charge >= 0.3 is 0 Å². The van der Waals surface area contributed by atoms with Gasteiger partial charge in [0.25, 0.3) is 0 Å². The summed E-state index contributed by atoms with van der Waals surface area (Å²) >= 11 is 0. The first kappa shape index (κ1) is 37.5. The number of benzene rings is 8. The third-order valence-electron chi connectivity index (χ3n) is 8.76. The van der Waals surface area contributed by atoms with Crippen molar-refractivity contribution in [2.45, 2.75) is 6.42 Å². The van der Waals surface area contributed by atoms with Gasteiger partial charge in [0.05, 0.1) is 0 Å². The zero-order valence-corrected chi connectivity index (χ0v) is 31.1. The summed E-state index contributed by atoms with van der Waals surface area (Å²) in [5.41, 5.74) is 30.3. The van der Waals surface area contributed by atoms with Crippen molar-refractivity contribution in [1.29, 1.82) is 0 Å². The lowest BCUT2D eigenvalue weighted by Gasteiger charge is -2.09. The first-order chi connectivity index (χ1) is 27.8. The van der Waals surface area contributed by atoms with E-state index in [-0.39, 0.29) is 0 Å². The van der Waals surface area contributed by atoms with Crippen molar-refractivity contribution in [1.82, 2.24) is 0 Å². The van der Waals surface area contributed by atoms with Gasteiger partial charge in [-0.3, -0.25) is 0 Å². The van der Waals surface area contributed by atoms with Crippen molar-refractivity contribution in [3.63, 3.8) is 0 Å². The minimum atomic E-state index is 0.714. The number of anilines is 4. The average Bonchev–Trinajstić information content (AvgIpc) is 3.24. The maximum Gasteiger partial charge on any atom is 0.127 e. The van der Waals surface area contributed by atoms with Crippen molar-refractivity contribution in [2.75, 3.05) is 22.9 Å². The van der Waals surface area contributed by atoms with Crippen molar-refractivity contribution in [3.8, 4) is 57.1 Å². The standard InChI is InChI=1S/C25H22N2O2.C24H20N2O2/c26-20-5-13-24(14-6-20)28-22-9-1-18(2-10-22)17-19-3-11-23(12-4-19)29-25-15-7-21(27)8-16-25;25-19-5-13-23(14-6-19)27-21-9-1-17(2-10-21)18-3-11-22(12-4-18)28-24-15-7-20(26)8-16-24/h1-16H,17,26-27H2;1-16H,25-26H2. The van der Waals surface area contributed by atoms with E-state index >= 15 is 0 Å². The van der Waals surface area contributed by atoms with Gasteiger partial charge in [0.15, 0.2) is 0 Å². The normalized spacial score (nSPS) is 10.5. The fourth-order valence-corrected chi connectivity index (χ4v) is 5.71. The predicted molar refractivity (Wildman–Crippen MR) is 231 cm³/mol. The lowest BCUT2D eigenvalue weighted by Crippen LogP contribution is -1.91. The van der Waals surface area contributed by atoms with Gasteiger partial charge < -0.3 is 41.9 Å². The molecule has 0 atom stereocenters. The summed E-state index contributed by atoms with van der Waals surface area (Å²) in [6.45, 7) is 0. The molecule has 0 saturated heterocycles. The van der Waals surface area contributed by atoms with E-state index in [0.717, 1.165) is 74.9 Å². The van der Waals surface area contributed by atoms with E-state index in [4.69, 9.17) is 41.9 Å². The lowest BCUT2D eigenvalue weighted by molar-refractivity contribution is 0.482.